The van der Waals surface area contributed by atoms with Crippen LogP contribution in [0.25, 0.3) is 0 Å². The van der Waals surface area contributed by atoms with E-state index in [2.05, 4.69) is 34.3 Å². The van der Waals surface area contributed by atoms with Gasteiger partial charge in [-0.3, -0.25) is 0 Å². The van der Waals surface area contributed by atoms with Crippen LogP contribution in [0.15, 0.2) is 0 Å². The van der Waals surface area contributed by atoms with Gasteiger partial charge in [-0.05, 0) is 0 Å². The molecule has 0 aromatic rings. The van der Waals surface area contributed by atoms with Gasteiger partial charge in [-0.2, -0.15) is 0 Å². The fraction of sp³-hybridized carbons (Fsp3) is 1.00. The minimum Gasteiger partial charge on any atom is -0.111 e. The summed E-state index contributed by atoms with van der Waals surface area (Å²) in [5, 5.41) is 0. The predicted molar refractivity (Wildman–Crippen MR) is 35.5 cm³/mol. The minimum atomic E-state index is 1.07. The van der Waals surface area contributed by atoms with Crippen molar-refractivity contribution >= 4 is 45.0 Å². The molecule has 3 heteroatoms. The molecule has 0 aliphatic carbocycles. The molecule has 0 bridgehead atoms. The van der Waals surface area contributed by atoms with Crippen molar-refractivity contribution in [3.63, 3.8) is 0 Å². The second kappa shape index (κ2) is 4.43. The Bertz CT molecular complexity index is 8.00. The van der Waals surface area contributed by atoms with Gasteiger partial charge in [-0.25, -0.2) is 0 Å². The Kier molecular flexibility index (Phi) is 6.01. The van der Waals surface area contributed by atoms with Gasteiger partial charge in [0.15, 0.2) is 0 Å². The second-order valence-corrected chi connectivity index (χ2v) is 3.36. The van der Waals surface area contributed by atoms with Gasteiger partial charge in [-0.1, -0.05) is 33.4 Å². The van der Waals surface area contributed by atoms with Crippen LogP contribution in [-0.4, -0.2) is 3.76 Å². The van der Waals surface area contributed by atoms with Gasteiger partial charge in [0.2, 0.25) is 0 Å². The van der Waals surface area contributed by atoms with Gasteiger partial charge in [0.1, 0.15) is 0 Å². The molecule has 0 rings (SSSR count). The number of halogens is 1. The van der Waals surface area contributed by atoms with Crippen LogP contribution in [0.4, 0.5) is 0 Å². The molecule has 0 aliphatic rings. The number of hydrogen-bond donors (Lipinski definition) is 1. The molecule has 0 fully saturated rings. The Morgan fingerprint density at radius 1 is 2.00 bits per heavy atom. The molecular formula is CH3IS2. The first-order chi connectivity index (χ1) is 1.91. The van der Waals surface area contributed by atoms with E-state index in [9.17, 15) is 0 Å². The van der Waals surface area contributed by atoms with Gasteiger partial charge >= 0.3 is 0 Å². The zero-order valence-corrected chi connectivity index (χ0v) is 5.81. The molecule has 0 saturated heterocycles. The van der Waals surface area contributed by atoms with Crippen molar-refractivity contribution in [1.82, 2.24) is 0 Å². The van der Waals surface area contributed by atoms with Gasteiger partial charge in [0, 0.05) is 0 Å². The highest BCUT2D eigenvalue weighted by Crippen LogP contribution is 2.06. The lowest BCUT2D eigenvalue weighted by Crippen LogP contribution is -1.33. The lowest BCUT2D eigenvalue weighted by molar-refractivity contribution is 2.46. The summed E-state index contributed by atoms with van der Waals surface area (Å²) < 4.78 is 1.07. The number of alkyl halides is 1. The van der Waals surface area contributed by atoms with Crippen LogP contribution in [-0.2, 0) is 0 Å². The zero-order valence-electron chi connectivity index (χ0n) is 1.94. The van der Waals surface area contributed by atoms with Crippen LogP contribution >= 0.6 is 45.0 Å². The zero-order chi connectivity index (χ0) is 3.41. The van der Waals surface area contributed by atoms with Gasteiger partial charge < -0.3 is 0 Å². The smallest absolute Gasteiger partial charge is 0.0555 e. The molecule has 26 valence electrons. The third-order valence-corrected chi connectivity index (χ3v) is 2.95. The Morgan fingerprint density at radius 3 is 2.25 bits per heavy atom. The van der Waals surface area contributed by atoms with E-state index in [0.717, 1.165) is 3.76 Å². The van der Waals surface area contributed by atoms with Crippen LogP contribution in [0, 0.1) is 0 Å². The molecule has 0 spiro atoms. The fourth-order valence-corrected chi connectivity index (χ4v) is 0. The van der Waals surface area contributed by atoms with Crippen LogP contribution in [0.3, 0.4) is 0 Å². The van der Waals surface area contributed by atoms with Crippen molar-refractivity contribution in [3.05, 3.63) is 0 Å². The van der Waals surface area contributed by atoms with Crippen molar-refractivity contribution in [1.29, 1.82) is 0 Å². The number of thiol groups is 1. The van der Waals surface area contributed by atoms with E-state index in [1.807, 2.05) is 0 Å². The van der Waals surface area contributed by atoms with E-state index in [1.54, 1.807) is 0 Å². The van der Waals surface area contributed by atoms with E-state index in [1.165, 1.54) is 10.8 Å². The maximum atomic E-state index is 3.83. The molecule has 0 aromatic carbocycles. The Labute approximate surface area is 48.7 Å². The van der Waals surface area contributed by atoms with Crippen molar-refractivity contribution in [2.24, 2.45) is 0 Å². The molecule has 0 N–H and O–H groups in total. The summed E-state index contributed by atoms with van der Waals surface area (Å²) >= 11 is 6.07. The Hall–Kier alpha value is 1.43. The largest absolute Gasteiger partial charge is 0.111 e. The summed E-state index contributed by atoms with van der Waals surface area (Å²) in [4.78, 5) is 0. The first kappa shape index (κ1) is 5.43. The van der Waals surface area contributed by atoms with Gasteiger partial charge in [0.05, 0.1) is 3.76 Å². The van der Waals surface area contributed by atoms with E-state index in [0.29, 0.717) is 0 Å². The highest BCUT2D eigenvalue weighted by Gasteiger charge is 1.59. The normalized spacial score (nSPS) is 7.50. The monoisotopic (exact) mass is 206 g/mol. The lowest BCUT2D eigenvalue weighted by atomic mass is 12.0. The van der Waals surface area contributed by atoms with E-state index in [-0.39, 0.29) is 0 Å². The third kappa shape index (κ3) is 3.43. The van der Waals surface area contributed by atoms with Crippen LogP contribution < -0.4 is 0 Å². The average Bonchev–Trinajstić information content (AvgIpc) is 1.37. The average molecular weight is 206 g/mol. The van der Waals surface area contributed by atoms with Crippen molar-refractivity contribution in [2.45, 2.75) is 0 Å². The molecule has 0 aromatic heterocycles. The maximum absolute atomic E-state index is 3.83. The molecule has 0 heterocycles. The molecule has 0 atom stereocenters. The molecule has 0 aliphatic heterocycles. The fourth-order valence-electron chi connectivity index (χ4n) is 0. The molecule has 0 amide bonds. The quantitative estimate of drug-likeness (QED) is 0.296. The number of hydrogen-bond acceptors (Lipinski definition) is 2. The third-order valence-electron chi connectivity index (χ3n) is 0.0488. The van der Waals surface area contributed by atoms with Crippen LogP contribution in [0.2, 0.25) is 0 Å². The minimum absolute atomic E-state index is 1.07. The molecule has 0 unspecified atom stereocenters. The van der Waals surface area contributed by atoms with Crippen molar-refractivity contribution in [3.8, 4) is 0 Å². The maximum Gasteiger partial charge on any atom is 0.0555 e. The molecule has 4 heavy (non-hydrogen) atoms. The van der Waals surface area contributed by atoms with Crippen molar-refractivity contribution < 1.29 is 0 Å². The van der Waals surface area contributed by atoms with Gasteiger partial charge in [-0.15, -0.1) is 11.7 Å². The first-order valence-corrected chi connectivity index (χ1v) is 4.30. The molecular weight excluding hydrogens is 203 g/mol. The SMILES string of the molecule is SSCI. The highest BCUT2D eigenvalue weighted by molar-refractivity contribution is 14.1. The molecule has 0 radical (unpaired) electrons. The summed E-state index contributed by atoms with van der Waals surface area (Å²) in [5.41, 5.74) is 0. The summed E-state index contributed by atoms with van der Waals surface area (Å²) in [6, 6.07) is 0. The van der Waals surface area contributed by atoms with E-state index in [4.69, 9.17) is 0 Å². The topological polar surface area (TPSA) is 0 Å². The standard InChI is InChI=1S/CH3IS2/c2-1-4-3/h3H,1H2. The molecule has 0 saturated carbocycles. The van der Waals surface area contributed by atoms with E-state index >= 15 is 0 Å². The van der Waals surface area contributed by atoms with Crippen LogP contribution in [0.1, 0.15) is 0 Å². The van der Waals surface area contributed by atoms with Gasteiger partial charge in [0.25, 0.3) is 0 Å². The summed E-state index contributed by atoms with van der Waals surface area (Å²) in [5.74, 6) is 0. The lowest BCUT2D eigenvalue weighted by Gasteiger charge is -1.66. The van der Waals surface area contributed by atoms with Crippen LogP contribution in [0.5, 0.6) is 0 Å². The second-order valence-electron chi connectivity index (χ2n) is 0.238. The van der Waals surface area contributed by atoms with Crippen molar-refractivity contribution in [2.75, 3.05) is 3.76 Å². The summed E-state index contributed by atoms with van der Waals surface area (Å²) in [7, 11) is 1.54. The summed E-state index contributed by atoms with van der Waals surface area (Å²) in [6.07, 6.45) is 0. The Balaban J connectivity index is 1.97. The Morgan fingerprint density at radius 2 is 2.25 bits per heavy atom. The number of rotatable bonds is 1. The summed E-state index contributed by atoms with van der Waals surface area (Å²) in [6.45, 7) is 0. The predicted octanol–water partition coefficient (Wildman–Crippen LogP) is 1.96. The van der Waals surface area contributed by atoms with E-state index < -0.39 is 0 Å². The first-order valence-electron chi connectivity index (χ1n) is 0.739. The highest BCUT2D eigenvalue weighted by atomic mass is 127. The molecule has 0 nitrogen and oxygen atoms in total.